The molecular weight excluding hydrogens is 277 g/mol. The number of rotatable bonds is 3. The third-order valence-electron chi connectivity index (χ3n) is 2.73. The van der Waals surface area contributed by atoms with E-state index in [4.69, 9.17) is 5.26 Å². The van der Waals surface area contributed by atoms with Crippen LogP contribution in [0.5, 0.6) is 0 Å². The predicted molar refractivity (Wildman–Crippen MR) is 72.4 cm³/mol. The molecule has 0 radical (unpaired) electrons. The maximum atomic E-state index is 13.8. The van der Waals surface area contributed by atoms with Gasteiger partial charge in [-0.3, -0.25) is 0 Å². The second kappa shape index (κ2) is 5.27. The quantitative estimate of drug-likeness (QED) is 0.591. The van der Waals surface area contributed by atoms with E-state index in [1.54, 1.807) is 18.5 Å². The first kappa shape index (κ1) is 12.6. The standard InChI is InChI=1S/C13H8FN5S/c14-10-3-8(4-15)1-2-9(10)5-20-13-11-12(17-6-16-11)18-7-19-13/h1-3,6-7H,5H2,(H,16,17,18,19). The van der Waals surface area contributed by atoms with E-state index >= 15 is 0 Å². The topological polar surface area (TPSA) is 78.2 Å². The van der Waals surface area contributed by atoms with E-state index in [0.29, 0.717) is 22.5 Å². The van der Waals surface area contributed by atoms with Crippen molar-refractivity contribution in [2.45, 2.75) is 10.8 Å². The van der Waals surface area contributed by atoms with Gasteiger partial charge in [0.25, 0.3) is 0 Å². The summed E-state index contributed by atoms with van der Waals surface area (Å²) in [6.07, 6.45) is 2.98. The molecule has 0 bridgehead atoms. The average Bonchev–Trinajstić information content (AvgIpc) is 2.95. The summed E-state index contributed by atoms with van der Waals surface area (Å²) in [5, 5.41) is 9.42. The van der Waals surface area contributed by atoms with Crippen molar-refractivity contribution in [2.24, 2.45) is 0 Å². The van der Waals surface area contributed by atoms with Crippen LogP contribution < -0.4 is 0 Å². The average molecular weight is 285 g/mol. The Morgan fingerprint density at radius 1 is 1.30 bits per heavy atom. The minimum absolute atomic E-state index is 0.314. The zero-order chi connectivity index (χ0) is 13.9. The van der Waals surface area contributed by atoms with Crippen LogP contribution in [0.2, 0.25) is 0 Å². The molecule has 0 aliphatic heterocycles. The van der Waals surface area contributed by atoms with Gasteiger partial charge in [0.1, 0.15) is 22.7 Å². The van der Waals surface area contributed by atoms with Crippen LogP contribution in [0, 0.1) is 17.1 Å². The molecule has 3 aromatic rings. The fourth-order valence-corrected chi connectivity index (χ4v) is 2.67. The number of hydrogen-bond acceptors (Lipinski definition) is 5. The lowest BCUT2D eigenvalue weighted by atomic mass is 10.1. The summed E-state index contributed by atoms with van der Waals surface area (Å²) in [4.78, 5) is 15.2. The smallest absolute Gasteiger partial charge is 0.181 e. The second-order valence-corrected chi connectivity index (χ2v) is 4.95. The minimum atomic E-state index is -0.383. The van der Waals surface area contributed by atoms with Crippen molar-refractivity contribution in [2.75, 3.05) is 0 Å². The summed E-state index contributed by atoms with van der Waals surface area (Å²) in [5.74, 6) is 0.0364. The molecule has 2 aromatic heterocycles. The number of aromatic nitrogens is 4. The van der Waals surface area contributed by atoms with Crippen molar-refractivity contribution in [3.63, 3.8) is 0 Å². The molecule has 3 rings (SSSR count). The van der Waals surface area contributed by atoms with Gasteiger partial charge in [-0.05, 0) is 17.7 Å². The molecule has 7 heteroatoms. The lowest BCUT2D eigenvalue weighted by molar-refractivity contribution is 0.617. The monoisotopic (exact) mass is 285 g/mol. The number of H-pyrrole nitrogens is 1. The van der Waals surface area contributed by atoms with E-state index in [9.17, 15) is 4.39 Å². The highest BCUT2D eigenvalue weighted by atomic mass is 32.2. The zero-order valence-corrected chi connectivity index (χ0v) is 11.0. The van der Waals surface area contributed by atoms with Gasteiger partial charge in [-0.25, -0.2) is 19.3 Å². The van der Waals surface area contributed by atoms with Crippen LogP contribution in [-0.2, 0) is 5.75 Å². The zero-order valence-electron chi connectivity index (χ0n) is 10.2. The molecule has 2 heterocycles. The summed E-state index contributed by atoms with van der Waals surface area (Å²) in [6.45, 7) is 0. The number of nitrogens with zero attached hydrogens (tertiary/aromatic N) is 4. The lowest BCUT2D eigenvalue weighted by Crippen LogP contribution is -1.91. The van der Waals surface area contributed by atoms with Crippen molar-refractivity contribution >= 4 is 22.9 Å². The number of halogens is 1. The first-order valence-corrected chi connectivity index (χ1v) is 6.72. The number of hydrogen-bond donors (Lipinski definition) is 1. The van der Waals surface area contributed by atoms with Crippen molar-refractivity contribution in [3.8, 4) is 6.07 Å². The Kier molecular flexibility index (Phi) is 3.31. The summed E-state index contributed by atoms with van der Waals surface area (Å²) in [6, 6.07) is 6.37. The largest absolute Gasteiger partial charge is 0.341 e. The van der Waals surface area contributed by atoms with Crippen LogP contribution in [0.1, 0.15) is 11.1 Å². The Bertz CT molecular complexity index is 808. The van der Waals surface area contributed by atoms with E-state index in [1.807, 2.05) is 6.07 Å². The van der Waals surface area contributed by atoms with Crippen LogP contribution in [0.15, 0.2) is 35.9 Å². The van der Waals surface area contributed by atoms with Crippen LogP contribution in [0.4, 0.5) is 4.39 Å². The number of thioether (sulfide) groups is 1. The molecule has 0 aliphatic carbocycles. The van der Waals surface area contributed by atoms with Crippen LogP contribution in [0.25, 0.3) is 11.2 Å². The van der Waals surface area contributed by atoms with Gasteiger partial charge in [0.05, 0.1) is 18.0 Å². The van der Waals surface area contributed by atoms with E-state index in [0.717, 1.165) is 10.5 Å². The Hall–Kier alpha value is -2.46. The Morgan fingerprint density at radius 3 is 3.00 bits per heavy atom. The Labute approximate surface area is 117 Å². The fourth-order valence-electron chi connectivity index (χ4n) is 1.73. The van der Waals surface area contributed by atoms with Crippen molar-refractivity contribution in [1.82, 2.24) is 19.9 Å². The Balaban J connectivity index is 1.83. The van der Waals surface area contributed by atoms with Gasteiger partial charge in [0, 0.05) is 5.75 Å². The first-order chi connectivity index (χ1) is 9.78. The summed E-state index contributed by atoms with van der Waals surface area (Å²) < 4.78 is 13.8. The SMILES string of the molecule is N#Cc1ccc(CSc2ncnc3nc[nH]c23)c(F)c1. The number of fused-ring (bicyclic) bond motifs is 1. The third-order valence-corrected chi connectivity index (χ3v) is 3.77. The Morgan fingerprint density at radius 2 is 2.20 bits per heavy atom. The maximum absolute atomic E-state index is 13.8. The van der Waals surface area contributed by atoms with E-state index in [2.05, 4.69) is 19.9 Å². The molecule has 0 saturated carbocycles. The minimum Gasteiger partial charge on any atom is -0.341 e. The van der Waals surface area contributed by atoms with Crippen LogP contribution >= 0.6 is 11.8 Å². The fraction of sp³-hybridized carbons (Fsp3) is 0.0769. The summed E-state index contributed by atoms with van der Waals surface area (Å²) >= 11 is 1.39. The lowest BCUT2D eigenvalue weighted by Gasteiger charge is -2.03. The molecule has 5 nitrogen and oxygen atoms in total. The van der Waals surface area contributed by atoms with E-state index < -0.39 is 0 Å². The van der Waals surface area contributed by atoms with Crippen molar-refractivity contribution < 1.29 is 4.39 Å². The van der Waals surface area contributed by atoms with Gasteiger partial charge in [-0.1, -0.05) is 17.8 Å². The number of nitriles is 1. The first-order valence-electron chi connectivity index (χ1n) is 5.73. The molecule has 1 aromatic carbocycles. The van der Waals surface area contributed by atoms with Crippen LogP contribution in [-0.4, -0.2) is 19.9 Å². The normalized spacial score (nSPS) is 10.6. The highest BCUT2D eigenvalue weighted by Crippen LogP contribution is 2.26. The molecule has 0 aliphatic rings. The molecule has 0 spiro atoms. The number of nitrogens with one attached hydrogen (secondary N) is 1. The number of aromatic amines is 1. The highest BCUT2D eigenvalue weighted by Gasteiger charge is 2.09. The number of benzene rings is 1. The summed E-state index contributed by atoms with van der Waals surface area (Å²) in [5.41, 5.74) is 2.17. The number of imidazole rings is 1. The molecule has 20 heavy (non-hydrogen) atoms. The van der Waals surface area contributed by atoms with Crippen molar-refractivity contribution in [3.05, 3.63) is 47.8 Å². The molecule has 0 saturated heterocycles. The highest BCUT2D eigenvalue weighted by molar-refractivity contribution is 7.98. The second-order valence-electron chi connectivity index (χ2n) is 3.99. The molecule has 1 N–H and O–H groups in total. The van der Waals surface area contributed by atoms with E-state index in [-0.39, 0.29) is 5.82 Å². The van der Waals surface area contributed by atoms with Gasteiger partial charge in [-0.2, -0.15) is 5.26 Å². The molecule has 0 atom stereocenters. The van der Waals surface area contributed by atoms with Gasteiger partial charge < -0.3 is 4.98 Å². The predicted octanol–water partition coefficient (Wildman–Crippen LogP) is 2.66. The van der Waals surface area contributed by atoms with Gasteiger partial charge in [0.15, 0.2) is 5.65 Å². The van der Waals surface area contributed by atoms with Crippen LogP contribution in [0.3, 0.4) is 0 Å². The summed E-state index contributed by atoms with van der Waals surface area (Å²) in [7, 11) is 0. The third kappa shape index (κ3) is 2.33. The van der Waals surface area contributed by atoms with Gasteiger partial charge >= 0.3 is 0 Å². The maximum Gasteiger partial charge on any atom is 0.181 e. The molecule has 0 fully saturated rings. The molecular formula is C13H8FN5S. The molecule has 0 amide bonds. The van der Waals surface area contributed by atoms with Gasteiger partial charge in [0.2, 0.25) is 0 Å². The molecule has 0 unspecified atom stereocenters. The van der Waals surface area contributed by atoms with E-state index in [1.165, 1.54) is 24.2 Å². The van der Waals surface area contributed by atoms with Crippen molar-refractivity contribution in [1.29, 1.82) is 5.26 Å². The van der Waals surface area contributed by atoms with Gasteiger partial charge in [-0.15, -0.1) is 0 Å². The molecule has 98 valence electrons.